The van der Waals surface area contributed by atoms with Crippen molar-refractivity contribution < 1.29 is 9.90 Å². The molecule has 1 heterocycles. The van der Waals surface area contributed by atoms with Crippen molar-refractivity contribution in [1.29, 1.82) is 0 Å². The number of rotatable bonds is 2. The normalized spacial score (nSPS) is 17.3. The average Bonchev–Trinajstić information content (AvgIpc) is 2.31. The van der Waals surface area contributed by atoms with E-state index in [1.807, 2.05) is 19.2 Å². The fourth-order valence-electron chi connectivity index (χ4n) is 2.58. The Bertz CT molecular complexity index is 488. The van der Waals surface area contributed by atoms with Crippen LogP contribution in [0.15, 0.2) is 18.2 Å². The molecule has 1 aromatic rings. The van der Waals surface area contributed by atoms with E-state index in [0.717, 1.165) is 29.7 Å². The summed E-state index contributed by atoms with van der Waals surface area (Å²) in [5.74, 6) is 0.162. The van der Waals surface area contributed by atoms with E-state index >= 15 is 0 Å². The minimum atomic E-state index is -0.437. The summed E-state index contributed by atoms with van der Waals surface area (Å²) in [5, 5.41) is 10.3. The van der Waals surface area contributed by atoms with Gasteiger partial charge in [-0.05, 0) is 35.4 Å². The molecule has 104 valence electrons. The van der Waals surface area contributed by atoms with E-state index in [1.165, 1.54) is 0 Å². The Morgan fingerprint density at radius 1 is 1.32 bits per heavy atom. The molecule has 0 bridgehead atoms. The van der Waals surface area contributed by atoms with E-state index in [2.05, 4.69) is 26.8 Å². The molecule has 1 atom stereocenters. The zero-order chi connectivity index (χ0) is 14.2. The summed E-state index contributed by atoms with van der Waals surface area (Å²) in [6.45, 7) is 6.38. The first-order valence-corrected chi connectivity index (χ1v) is 6.85. The number of anilines is 1. The maximum absolute atomic E-state index is 11.6. The molecule has 1 unspecified atom stereocenters. The quantitative estimate of drug-likeness (QED) is 0.889. The minimum absolute atomic E-state index is 0.0993. The van der Waals surface area contributed by atoms with Crippen molar-refractivity contribution in [2.45, 2.75) is 46.1 Å². The third-order valence-corrected chi connectivity index (χ3v) is 3.64. The van der Waals surface area contributed by atoms with Crippen LogP contribution in [-0.2, 0) is 11.2 Å². The zero-order valence-electron chi connectivity index (χ0n) is 12.2. The van der Waals surface area contributed by atoms with E-state index < -0.39 is 6.10 Å². The Balaban J connectivity index is 2.24. The van der Waals surface area contributed by atoms with Gasteiger partial charge in [-0.15, -0.1) is 0 Å². The monoisotopic (exact) mass is 261 g/mol. The second-order valence-electron chi connectivity index (χ2n) is 6.62. The van der Waals surface area contributed by atoms with Gasteiger partial charge in [0.2, 0.25) is 5.91 Å². The highest BCUT2D eigenvalue weighted by Gasteiger charge is 2.23. The molecule has 2 rings (SSSR count). The highest BCUT2D eigenvalue weighted by molar-refractivity contribution is 5.95. The molecule has 1 N–H and O–H groups in total. The Morgan fingerprint density at radius 3 is 2.63 bits per heavy atom. The molecule has 19 heavy (non-hydrogen) atoms. The fraction of sp³-hybridized carbons (Fsp3) is 0.562. The van der Waals surface area contributed by atoms with Gasteiger partial charge in [0.25, 0.3) is 0 Å². The molecule has 1 aliphatic heterocycles. The molecule has 0 radical (unpaired) electrons. The van der Waals surface area contributed by atoms with E-state index in [9.17, 15) is 9.90 Å². The van der Waals surface area contributed by atoms with Crippen LogP contribution in [-0.4, -0.2) is 18.1 Å². The number of hydrogen-bond donors (Lipinski definition) is 1. The number of fused-ring (bicyclic) bond motifs is 1. The lowest BCUT2D eigenvalue weighted by Crippen LogP contribution is -2.31. The fourth-order valence-corrected chi connectivity index (χ4v) is 2.58. The van der Waals surface area contributed by atoms with Crippen molar-refractivity contribution in [2.75, 3.05) is 11.9 Å². The molecular weight excluding hydrogens is 238 g/mol. The molecule has 1 aromatic carbocycles. The highest BCUT2D eigenvalue weighted by Crippen LogP contribution is 2.33. The Labute approximate surface area is 115 Å². The van der Waals surface area contributed by atoms with Crippen molar-refractivity contribution in [3.63, 3.8) is 0 Å². The van der Waals surface area contributed by atoms with Gasteiger partial charge in [-0.25, -0.2) is 0 Å². The first kappa shape index (κ1) is 14.1. The smallest absolute Gasteiger partial charge is 0.227 e. The van der Waals surface area contributed by atoms with Gasteiger partial charge in [0.15, 0.2) is 0 Å². The molecule has 1 amide bonds. The topological polar surface area (TPSA) is 40.5 Å². The van der Waals surface area contributed by atoms with Crippen LogP contribution in [0, 0.1) is 5.41 Å². The van der Waals surface area contributed by atoms with Crippen LogP contribution in [0.25, 0.3) is 0 Å². The molecule has 0 aliphatic carbocycles. The van der Waals surface area contributed by atoms with E-state index in [-0.39, 0.29) is 11.3 Å². The number of nitrogens with zero attached hydrogens (tertiary/aromatic N) is 1. The van der Waals surface area contributed by atoms with Gasteiger partial charge in [-0.2, -0.15) is 0 Å². The number of aliphatic hydroxyl groups is 1. The van der Waals surface area contributed by atoms with E-state index in [1.54, 1.807) is 4.90 Å². The summed E-state index contributed by atoms with van der Waals surface area (Å²) in [7, 11) is 1.81. The van der Waals surface area contributed by atoms with Gasteiger partial charge >= 0.3 is 0 Å². The number of aliphatic hydroxyl groups excluding tert-OH is 1. The summed E-state index contributed by atoms with van der Waals surface area (Å²) in [4.78, 5) is 13.3. The Hall–Kier alpha value is -1.35. The zero-order valence-corrected chi connectivity index (χ0v) is 12.2. The number of amides is 1. The maximum Gasteiger partial charge on any atom is 0.227 e. The number of benzene rings is 1. The second-order valence-corrected chi connectivity index (χ2v) is 6.62. The van der Waals surface area contributed by atoms with Crippen molar-refractivity contribution >= 4 is 11.6 Å². The van der Waals surface area contributed by atoms with Crippen molar-refractivity contribution in [2.24, 2.45) is 5.41 Å². The lowest BCUT2D eigenvalue weighted by atomic mass is 9.86. The molecule has 3 heteroatoms. The predicted octanol–water partition coefficient (Wildman–Crippen LogP) is 3.07. The number of carbonyl (C=O) groups is 1. The molecule has 1 aliphatic rings. The molecule has 0 spiro atoms. The number of carbonyl (C=O) groups excluding carboxylic acids is 1. The van der Waals surface area contributed by atoms with Gasteiger partial charge in [0, 0.05) is 19.2 Å². The molecule has 0 saturated heterocycles. The lowest BCUT2D eigenvalue weighted by Gasteiger charge is -2.28. The molecule has 0 saturated carbocycles. The Kier molecular flexibility index (Phi) is 3.68. The standard InChI is InChI=1S/C16H23NO2/c1-16(2,3)10-14(18)12-5-7-13-11(9-12)6-8-15(19)17(13)4/h5,7,9,14,18H,6,8,10H2,1-4H3. The molecule has 0 fully saturated rings. The summed E-state index contributed by atoms with van der Waals surface area (Å²) >= 11 is 0. The maximum atomic E-state index is 11.6. The van der Waals surface area contributed by atoms with Crippen LogP contribution >= 0.6 is 0 Å². The first-order valence-electron chi connectivity index (χ1n) is 6.85. The SMILES string of the molecule is CN1C(=O)CCc2cc(C(O)CC(C)(C)C)ccc21. The van der Waals surface area contributed by atoms with Crippen LogP contribution in [0.3, 0.4) is 0 Å². The van der Waals surface area contributed by atoms with Crippen molar-refractivity contribution in [3.8, 4) is 0 Å². The van der Waals surface area contributed by atoms with Crippen LogP contribution < -0.4 is 4.90 Å². The Morgan fingerprint density at radius 2 is 2.00 bits per heavy atom. The number of hydrogen-bond acceptors (Lipinski definition) is 2. The van der Waals surface area contributed by atoms with Gasteiger partial charge in [0.05, 0.1) is 6.10 Å². The van der Waals surface area contributed by atoms with Crippen molar-refractivity contribution in [3.05, 3.63) is 29.3 Å². The summed E-state index contributed by atoms with van der Waals surface area (Å²) in [5.41, 5.74) is 3.19. The van der Waals surface area contributed by atoms with Gasteiger partial charge in [0.1, 0.15) is 0 Å². The average molecular weight is 261 g/mol. The third-order valence-electron chi connectivity index (χ3n) is 3.64. The van der Waals surface area contributed by atoms with Crippen LogP contribution in [0.1, 0.15) is 50.8 Å². The van der Waals surface area contributed by atoms with Crippen LogP contribution in [0.2, 0.25) is 0 Å². The molecule has 0 aromatic heterocycles. The first-order chi connectivity index (χ1) is 8.78. The minimum Gasteiger partial charge on any atom is -0.388 e. The molecule has 3 nitrogen and oxygen atoms in total. The lowest BCUT2D eigenvalue weighted by molar-refractivity contribution is -0.118. The summed E-state index contributed by atoms with van der Waals surface area (Å²) in [6, 6.07) is 5.94. The third kappa shape index (κ3) is 3.16. The van der Waals surface area contributed by atoms with Crippen LogP contribution in [0.5, 0.6) is 0 Å². The van der Waals surface area contributed by atoms with Crippen LogP contribution in [0.4, 0.5) is 5.69 Å². The second kappa shape index (κ2) is 4.97. The molecular formula is C16H23NO2. The summed E-state index contributed by atoms with van der Waals surface area (Å²) < 4.78 is 0. The largest absolute Gasteiger partial charge is 0.388 e. The predicted molar refractivity (Wildman–Crippen MR) is 77.2 cm³/mol. The van der Waals surface area contributed by atoms with Gasteiger partial charge < -0.3 is 10.0 Å². The van der Waals surface area contributed by atoms with E-state index in [4.69, 9.17) is 0 Å². The number of aryl methyl sites for hydroxylation is 1. The van der Waals surface area contributed by atoms with Gasteiger partial charge in [-0.1, -0.05) is 32.9 Å². The van der Waals surface area contributed by atoms with Crippen molar-refractivity contribution in [1.82, 2.24) is 0 Å². The summed E-state index contributed by atoms with van der Waals surface area (Å²) in [6.07, 6.45) is 1.63. The van der Waals surface area contributed by atoms with E-state index in [0.29, 0.717) is 6.42 Å². The van der Waals surface area contributed by atoms with Gasteiger partial charge in [-0.3, -0.25) is 4.79 Å². The highest BCUT2D eigenvalue weighted by atomic mass is 16.3.